The number of rotatable bonds is 3. The van der Waals surface area contributed by atoms with Crippen LogP contribution in [0.25, 0.3) is 11.0 Å². The lowest BCUT2D eigenvalue weighted by molar-refractivity contribution is 0.0757. The SMILES string of the molecule is CNCC1CCN(C(=O)c2oc3c(Cl)cccc3c2C)C1. The van der Waals surface area contributed by atoms with E-state index in [0.29, 0.717) is 22.3 Å². The zero-order valence-electron chi connectivity index (χ0n) is 12.3. The van der Waals surface area contributed by atoms with Gasteiger partial charge in [0.2, 0.25) is 0 Å². The molecule has 1 aromatic carbocycles. The predicted octanol–water partition coefficient (Wildman–Crippen LogP) is 3.08. The summed E-state index contributed by atoms with van der Waals surface area (Å²) in [4.78, 5) is 14.5. The molecule has 0 bridgehead atoms. The first-order chi connectivity index (χ1) is 10.1. The molecule has 21 heavy (non-hydrogen) atoms. The maximum Gasteiger partial charge on any atom is 0.289 e. The van der Waals surface area contributed by atoms with Gasteiger partial charge in [0.15, 0.2) is 11.3 Å². The van der Waals surface area contributed by atoms with Crippen LogP contribution in [-0.2, 0) is 0 Å². The predicted molar refractivity (Wildman–Crippen MR) is 83.9 cm³/mol. The number of aryl methyl sites for hydroxylation is 1. The largest absolute Gasteiger partial charge is 0.449 e. The number of benzene rings is 1. The highest BCUT2D eigenvalue weighted by molar-refractivity contribution is 6.35. The third-order valence-corrected chi connectivity index (χ3v) is 4.47. The van der Waals surface area contributed by atoms with Crippen molar-refractivity contribution in [2.24, 2.45) is 5.92 Å². The Kier molecular flexibility index (Phi) is 3.91. The fraction of sp³-hybridized carbons (Fsp3) is 0.438. The van der Waals surface area contributed by atoms with Crippen molar-refractivity contribution in [3.63, 3.8) is 0 Å². The first-order valence-electron chi connectivity index (χ1n) is 7.23. The van der Waals surface area contributed by atoms with Crippen LogP contribution in [0.1, 0.15) is 22.5 Å². The second-order valence-electron chi connectivity index (χ2n) is 5.64. The molecular formula is C16H19ClN2O2. The van der Waals surface area contributed by atoms with E-state index in [9.17, 15) is 4.79 Å². The molecule has 1 aromatic heterocycles. The molecule has 3 rings (SSSR count). The Morgan fingerprint density at radius 2 is 2.33 bits per heavy atom. The van der Waals surface area contributed by atoms with Crippen molar-refractivity contribution in [2.45, 2.75) is 13.3 Å². The van der Waals surface area contributed by atoms with Gasteiger partial charge in [-0.1, -0.05) is 23.7 Å². The number of nitrogens with zero attached hydrogens (tertiary/aromatic N) is 1. The van der Waals surface area contributed by atoms with Gasteiger partial charge in [-0.25, -0.2) is 0 Å². The number of para-hydroxylation sites is 1. The van der Waals surface area contributed by atoms with Crippen molar-refractivity contribution < 1.29 is 9.21 Å². The smallest absolute Gasteiger partial charge is 0.289 e. The molecule has 2 aromatic rings. The standard InChI is InChI=1S/C16H19ClN2O2/c1-10-12-4-3-5-13(17)15(12)21-14(10)16(20)19-7-6-11(9-19)8-18-2/h3-5,11,18H,6-9H2,1-2H3. The topological polar surface area (TPSA) is 45.5 Å². The van der Waals surface area contributed by atoms with E-state index in [-0.39, 0.29) is 5.91 Å². The molecule has 1 unspecified atom stereocenters. The molecule has 1 fully saturated rings. The van der Waals surface area contributed by atoms with Gasteiger partial charge in [-0.2, -0.15) is 0 Å². The maximum atomic E-state index is 12.7. The van der Waals surface area contributed by atoms with Crippen molar-refractivity contribution in [2.75, 3.05) is 26.7 Å². The van der Waals surface area contributed by atoms with Crippen molar-refractivity contribution in [3.05, 3.63) is 34.5 Å². The molecule has 112 valence electrons. The number of hydrogen-bond acceptors (Lipinski definition) is 3. The number of nitrogens with one attached hydrogen (secondary N) is 1. The molecule has 0 aliphatic carbocycles. The van der Waals surface area contributed by atoms with Gasteiger partial charge in [-0.3, -0.25) is 4.79 Å². The average Bonchev–Trinajstić information content (AvgIpc) is 3.06. The lowest BCUT2D eigenvalue weighted by Gasteiger charge is -2.15. The van der Waals surface area contributed by atoms with Gasteiger partial charge in [0, 0.05) is 24.0 Å². The van der Waals surface area contributed by atoms with E-state index in [1.165, 1.54) is 0 Å². The minimum atomic E-state index is -0.0293. The third-order valence-electron chi connectivity index (χ3n) is 4.18. The Morgan fingerprint density at radius 1 is 1.52 bits per heavy atom. The molecule has 1 saturated heterocycles. The first kappa shape index (κ1) is 14.4. The first-order valence-corrected chi connectivity index (χ1v) is 7.61. The molecule has 2 heterocycles. The highest BCUT2D eigenvalue weighted by Gasteiger charge is 2.30. The van der Waals surface area contributed by atoms with Gasteiger partial charge < -0.3 is 14.6 Å². The minimum Gasteiger partial charge on any atom is -0.449 e. The highest BCUT2D eigenvalue weighted by Crippen LogP contribution is 2.32. The zero-order valence-corrected chi connectivity index (χ0v) is 13.0. The molecule has 0 radical (unpaired) electrons. The van der Waals surface area contributed by atoms with E-state index in [1.54, 1.807) is 6.07 Å². The van der Waals surface area contributed by atoms with Crippen LogP contribution >= 0.6 is 11.6 Å². The number of carbonyl (C=O) groups is 1. The van der Waals surface area contributed by atoms with Crippen molar-refractivity contribution in [1.29, 1.82) is 0 Å². The molecule has 0 spiro atoms. The third kappa shape index (κ3) is 2.54. The monoisotopic (exact) mass is 306 g/mol. The van der Waals surface area contributed by atoms with Gasteiger partial charge in [0.25, 0.3) is 5.91 Å². The summed E-state index contributed by atoms with van der Waals surface area (Å²) in [6.45, 7) is 4.42. The summed E-state index contributed by atoms with van der Waals surface area (Å²) in [7, 11) is 1.94. The average molecular weight is 307 g/mol. The van der Waals surface area contributed by atoms with Gasteiger partial charge in [-0.15, -0.1) is 0 Å². The van der Waals surface area contributed by atoms with E-state index in [0.717, 1.165) is 37.0 Å². The lowest BCUT2D eigenvalue weighted by Crippen LogP contribution is -2.30. The summed E-state index contributed by atoms with van der Waals surface area (Å²) in [5.74, 6) is 0.911. The quantitative estimate of drug-likeness (QED) is 0.948. The zero-order chi connectivity index (χ0) is 15.0. The molecule has 1 aliphatic rings. The number of furan rings is 1. The summed E-state index contributed by atoms with van der Waals surface area (Å²) in [5, 5.41) is 4.63. The molecule has 1 aliphatic heterocycles. The fourth-order valence-corrected chi connectivity index (χ4v) is 3.24. The Bertz CT molecular complexity index is 680. The van der Waals surface area contributed by atoms with Crippen LogP contribution in [0.3, 0.4) is 0 Å². The van der Waals surface area contributed by atoms with Crippen molar-refractivity contribution in [3.8, 4) is 0 Å². The number of halogens is 1. The van der Waals surface area contributed by atoms with Gasteiger partial charge in [-0.05, 0) is 38.9 Å². The van der Waals surface area contributed by atoms with E-state index in [4.69, 9.17) is 16.0 Å². The van der Waals surface area contributed by atoms with E-state index in [2.05, 4.69) is 5.32 Å². The number of likely N-dealkylation sites (tertiary alicyclic amines) is 1. The molecule has 4 nitrogen and oxygen atoms in total. The molecule has 5 heteroatoms. The Hall–Kier alpha value is -1.52. The summed E-state index contributed by atoms with van der Waals surface area (Å²) in [5.41, 5.74) is 1.47. The lowest BCUT2D eigenvalue weighted by atomic mass is 10.1. The summed E-state index contributed by atoms with van der Waals surface area (Å²) < 4.78 is 5.76. The Morgan fingerprint density at radius 3 is 3.05 bits per heavy atom. The van der Waals surface area contributed by atoms with Gasteiger partial charge in [0.1, 0.15) is 0 Å². The molecular weight excluding hydrogens is 288 g/mol. The molecule has 0 saturated carbocycles. The van der Waals surface area contributed by atoms with Crippen molar-refractivity contribution >= 4 is 28.5 Å². The molecule has 1 amide bonds. The number of fused-ring (bicyclic) bond motifs is 1. The van der Waals surface area contributed by atoms with Crippen LogP contribution in [-0.4, -0.2) is 37.5 Å². The number of carbonyl (C=O) groups excluding carboxylic acids is 1. The normalized spacial score (nSPS) is 18.6. The summed E-state index contributed by atoms with van der Waals surface area (Å²) in [6, 6.07) is 5.59. The van der Waals surface area contributed by atoms with Crippen LogP contribution < -0.4 is 5.32 Å². The van der Waals surface area contributed by atoms with E-state index >= 15 is 0 Å². The maximum absolute atomic E-state index is 12.7. The van der Waals surface area contributed by atoms with Gasteiger partial charge >= 0.3 is 0 Å². The minimum absolute atomic E-state index is 0.0293. The van der Waals surface area contributed by atoms with E-state index < -0.39 is 0 Å². The van der Waals surface area contributed by atoms with Crippen LogP contribution in [0.5, 0.6) is 0 Å². The van der Waals surface area contributed by atoms with Gasteiger partial charge in [0.05, 0.1) is 5.02 Å². The summed E-state index contributed by atoms with van der Waals surface area (Å²) >= 11 is 6.14. The molecule has 1 atom stereocenters. The van der Waals surface area contributed by atoms with Crippen LogP contribution in [0.4, 0.5) is 0 Å². The van der Waals surface area contributed by atoms with E-state index in [1.807, 2.05) is 31.0 Å². The van der Waals surface area contributed by atoms with Crippen LogP contribution in [0.2, 0.25) is 5.02 Å². The van der Waals surface area contributed by atoms with Crippen LogP contribution in [0.15, 0.2) is 22.6 Å². The molecule has 1 N–H and O–H groups in total. The highest BCUT2D eigenvalue weighted by atomic mass is 35.5. The Balaban J connectivity index is 1.89. The second-order valence-corrected chi connectivity index (χ2v) is 6.04. The summed E-state index contributed by atoms with van der Waals surface area (Å²) in [6.07, 6.45) is 1.03. The Labute approximate surface area is 129 Å². The fourth-order valence-electron chi connectivity index (χ4n) is 3.03. The number of hydrogen-bond donors (Lipinski definition) is 1. The van der Waals surface area contributed by atoms with Crippen molar-refractivity contribution in [1.82, 2.24) is 10.2 Å². The second kappa shape index (κ2) is 5.70. The van der Waals surface area contributed by atoms with Crippen LogP contribution in [0, 0.1) is 12.8 Å². The number of amides is 1.